The first-order valence-corrected chi connectivity index (χ1v) is 7.25. The highest BCUT2D eigenvalue weighted by atomic mass is 16.6. The van der Waals surface area contributed by atoms with Crippen molar-refractivity contribution >= 4 is 18.3 Å². The smallest absolute Gasteiger partial charge is 0.410 e. The van der Waals surface area contributed by atoms with Crippen LogP contribution in [0.4, 0.5) is 4.79 Å². The third kappa shape index (κ3) is 6.97. The molecule has 120 valence electrons. The highest BCUT2D eigenvalue weighted by molar-refractivity contribution is 6.23. The maximum absolute atomic E-state index is 11.9. The number of hydrogen-bond donors (Lipinski definition) is 1. The van der Waals surface area contributed by atoms with Crippen molar-refractivity contribution < 1.29 is 19.1 Å². The maximum atomic E-state index is 11.9. The van der Waals surface area contributed by atoms with Crippen LogP contribution in [0.5, 0.6) is 0 Å². The molecule has 1 N–H and O–H groups in total. The second-order valence-electron chi connectivity index (χ2n) is 5.88. The molecule has 1 heterocycles. The van der Waals surface area contributed by atoms with Crippen LogP contribution in [-0.4, -0.2) is 54.5 Å². The van der Waals surface area contributed by atoms with Crippen LogP contribution < -0.4 is 5.43 Å². The van der Waals surface area contributed by atoms with E-state index in [1.165, 1.54) is 0 Å². The third-order valence-electron chi connectivity index (χ3n) is 2.86. The van der Waals surface area contributed by atoms with Gasteiger partial charge in [0, 0.05) is 19.1 Å². The molecule has 1 fully saturated rings. The number of piperidine rings is 1. The van der Waals surface area contributed by atoms with Gasteiger partial charge in [-0.2, -0.15) is 5.10 Å². The highest BCUT2D eigenvalue weighted by Gasteiger charge is 2.26. The van der Waals surface area contributed by atoms with Crippen LogP contribution in [-0.2, 0) is 14.3 Å². The SMILES string of the molecule is CCOC(=O)/C=N/NC1CCN(C(=O)OC(C)(C)C)CC1. The molecule has 7 heteroatoms. The summed E-state index contributed by atoms with van der Waals surface area (Å²) in [6.07, 6.45) is 2.37. The molecule has 1 saturated heterocycles. The minimum atomic E-state index is -0.476. The normalized spacial score (nSPS) is 16.9. The summed E-state index contributed by atoms with van der Waals surface area (Å²) in [5.41, 5.74) is 2.43. The zero-order valence-corrected chi connectivity index (χ0v) is 13.2. The fourth-order valence-electron chi connectivity index (χ4n) is 1.89. The molecule has 1 aliphatic rings. The monoisotopic (exact) mass is 299 g/mol. The Morgan fingerprint density at radius 2 is 1.95 bits per heavy atom. The summed E-state index contributed by atoms with van der Waals surface area (Å²) in [6, 6.07) is 0.148. The molecular weight excluding hydrogens is 274 g/mol. The number of amides is 1. The van der Waals surface area contributed by atoms with Crippen LogP contribution in [0.2, 0.25) is 0 Å². The maximum Gasteiger partial charge on any atom is 0.410 e. The van der Waals surface area contributed by atoms with Gasteiger partial charge in [0.15, 0.2) is 0 Å². The lowest BCUT2D eigenvalue weighted by atomic mass is 10.1. The Balaban J connectivity index is 2.29. The Morgan fingerprint density at radius 1 is 1.33 bits per heavy atom. The van der Waals surface area contributed by atoms with E-state index in [1.54, 1.807) is 11.8 Å². The molecule has 1 aliphatic heterocycles. The van der Waals surface area contributed by atoms with E-state index in [2.05, 4.69) is 10.5 Å². The molecule has 1 rings (SSSR count). The van der Waals surface area contributed by atoms with Crippen LogP contribution in [0, 0.1) is 0 Å². The van der Waals surface area contributed by atoms with E-state index in [1.807, 2.05) is 20.8 Å². The van der Waals surface area contributed by atoms with Crippen molar-refractivity contribution in [1.82, 2.24) is 10.3 Å². The molecule has 0 atom stereocenters. The van der Waals surface area contributed by atoms with Crippen molar-refractivity contribution in [3.05, 3.63) is 0 Å². The molecule has 0 unspecified atom stereocenters. The van der Waals surface area contributed by atoms with Crippen LogP contribution >= 0.6 is 0 Å². The Labute approximate surface area is 125 Å². The van der Waals surface area contributed by atoms with Gasteiger partial charge in [0.1, 0.15) is 11.8 Å². The fraction of sp³-hybridized carbons (Fsp3) is 0.786. The zero-order chi connectivity index (χ0) is 15.9. The molecule has 0 bridgehead atoms. The van der Waals surface area contributed by atoms with Gasteiger partial charge in [0.25, 0.3) is 0 Å². The molecule has 0 aliphatic carbocycles. The number of likely N-dealkylation sites (tertiary alicyclic amines) is 1. The van der Waals surface area contributed by atoms with Gasteiger partial charge in [-0.15, -0.1) is 0 Å². The second-order valence-corrected chi connectivity index (χ2v) is 5.88. The number of hydrogen-bond acceptors (Lipinski definition) is 6. The second kappa shape index (κ2) is 7.85. The van der Waals surface area contributed by atoms with Crippen LogP contribution in [0.1, 0.15) is 40.5 Å². The average Bonchev–Trinajstić information content (AvgIpc) is 2.38. The Morgan fingerprint density at radius 3 is 2.48 bits per heavy atom. The van der Waals surface area contributed by atoms with E-state index in [-0.39, 0.29) is 12.1 Å². The number of carbonyl (C=O) groups excluding carboxylic acids is 2. The summed E-state index contributed by atoms with van der Waals surface area (Å²) in [7, 11) is 0. The molecule has 0 spiro atoms. The van der Waals surface area contributed by atoms with E-state index >= 15 is 0 Å². The van der Waals surface area contributed by atoms with Crippen molar-refractivity contribution in [3.8, 4) is 0 Å². The highest BCUT2D eigenvalue weighted by Crippen LogP contribution is 2.15. The topological polar surface area (TPSA) is 80.2 Å². The van der Waals surface area contributed by atoms with Gasteiger partial charge in [-0.25, -0.2) is 9.59 Å². The van der Waals surface area contributed by atoms with Crippen molar-refractivity contribution in [2.45, 2.75) is 52.2 Å². The van der Waals surface area contributed by atoms with Gasteiger partial charge in [0.2, 0.25) is 0 Å². The van der Waals surface area contributed by atoms with Gasteiger partial charge in [0.05, 0.1) is 6.61 Å². The third-order valence-corrected chi connectivity index (χ3v) is 2.86. The van der Waals surface area contributed by atoms with Crippen LogP contribution in [0.3, 0.4) is 0 Å². The summed E-state index contributed by atoms with van der Waals surface area (Å²) < 4.78 is 10.1. The molecule has 0 aromatic rings. The number of hydrazone groups is 1. The number of carbonyl (C=O) groups is 2. The van der Waals surface area contributed by atoms with E-state index in [0.29, 0.717) is 19.7 Å². The molecule has 0 aromatic carbocycles. The molecule has 1 amide bonds. The first-order valence-electron chi connectivity index (χ1n) is 7.25. The number of rotatable bonds is 4. The van der Waals surface area contributed by atoms with Gasteiger partial charge < -0.3 is 19.8 Å². The first kappa shape index (κ1) is 17.3. The molecule has 21 heavy (non-hydrogen) atoms. The van der Waals surface area contributed by atoms with Crippen molar-refractivity contribution in [1.29, 1.82) is 0 Å². The van der Waals surface area contributed by atoms with Gasteiger partial charge in [-0.1, -0.05) is 0 Å². The largest absolute Gasteiger partial charge is 0.462 e. The van der Waals surface area contributed by atoms with E-state index in [9.17, 15) is 9.59 Å². The summed E-state index contributed by atoms with van der Waals surface area (Å²) in [4.78, 5) is 24.7. The summed E-state index contributed by atoms with van der Waals surface area (Å²) in [6.45, 7) is 8.85. The first-order chi connectivity index (χ1) is 9.81. The van der Waals surface area contributed by atoms with Crippen molar-refractivity contribution in [3.63, 3.8) is 0 Å². The Kier molecular flexibility index (Phi) is 6.45. The summed E-state index contributed by atoms with van der Waals surface area (Å²) in [5, 5.41) is 3.86. The molecule has 0 aromatic heterocycles. The van der Waals surface area contributed by atoms with E-state index in [4.69, 9.17) is 9.47 Å². The van der Waals surface area contributed by atoms with Gasteiger partial charge >= 0.3 is 12.1 Å². The summed E-state index contributed by atoms with van der Waals surface area (Å²) in [5.74, 6) is -0.462. The van der Waals surface area contributed by atoms with Crippen molar-refractivity contribution in [2.24, 2.45) is 5.10 Å². The lowest BCUT2D eigenvalue weighted by Crippen LogP contribution is -2.45. The number of nitrogens with one attached hydrogen (secondary N) is 1. The van der Waals surface area contributed by atoms with Gasteiger partial charge in [-0.3, -0.25) is 0 Å². The predicted molar refractivity (Wildman–Crippen MR) is 79.1 cm³/mol. The number of nitrogens with zero attached hydrogens (tertiary/aromatic N) is 2. The molecule has 0 saturated carbocycles. The Bertz CT molecular complexity index is 382. The number of esters is 1. The Hall–Kier alpha value is -1.79. The summed E-state index contributed by atoms with van der Waals surface area (Å²) >= 11 is 0. The quantitative estimate of drug-likeness (QED) is 0.484. The lowest BCUT2D eigenvalue weighted by Gasteiger charge is -2.33. The minimum Gasteiger partial charge on any atom is -0.462 e. The molecule has 0 radical (unpaired) electrons. The predicted octanol–water partition coefficient (Wildman–Crippen LogP) is 1.52. The minimum absolute atomic E-state index is 0.148. The standard InChI is InChI=1S/C14H25N3O4/c1-5-20-12(18)10-15-16-11-6-8-17(9-7-11)13(19)21-14(2,3)4/h10-11,16H,5-9H2,1-4H3/b15-10+. The van der Waals surface area contributed by atoms with Gasteiger partial charge in [-0.05, 0) is 40.5 Å². The van der Waals surface area contributed by atoms with Crippen LogP contribution in [0.15, 0.2) is 5.10 Å². The zero-order valence-electron chi connectivity index (χ0n) is 13.2. The van der Waals surface area contributed by atoms with E-state index in [0.717, 1.165) is 19.1 Å². The molecular formula is C14H25N3O4. The number of ether oxygens (including phenoxy) is 2. The van der Waals surface area contributed by atoms with Crippen molar-refractivity contribution in [2.75, 3.05) is 19.7 Å². The lowest BCUT2D eigenvalue weighted by molar-refractivity contribution is -0.134. The molecule has 7 nitrogen and oxygen atoms in total. The van der Waals surface area contributed by atoms with E-state index < -0.39 is 11.6 Å². The fourth-order valence-corrected chi connectivity index (χ4v) is 1.89. The van der Waals surface area contributed by atoms with Crippen LogP contribution in [0.25, 0.3) is 0 Å². The average molecular weight is 299 g/mol.